The molecule has 0 bridgehead atoms. The molecule has 2 aliphatic heterocycles. The molecule has 0 aliphatic carbocycles. The predicted molar refractivity (Wildman–Crippen MR) is 112 cm³/mol. The van der Waals surface area contributed by atoms with Gasteiger partial charge in [0.05, 0.1) is 0 Å². The van der Waals surface area contributed by atoms with E-state index in [1.54, 1.807) is 0 Å². The summed E-state index contributed by atoms with van der Waals surface area (Å²) >= 11 is 0. The minimum Gasteiger partial charge on any atom is -0.356 e. The lowest BCUT2D eigenvalue weighted by atomic mass is 10.1. The topological polar surface area (TPSA) is 30.9 Å². The molecule has 24 heavy (non-hydrogen) atoms. The van der Waals surface area contributed by atoms with Crippen LogP contribution in [0.1, 0.15) is 17.5 Å². The van der Waals surface area contributed by atoms with Gasteiger partial charge in [0, 0.05) is 45.8 Å². The molecule has 4 nitrogen and oxygen atoms in total. The number of hydrogen-bond donors (Lipinski definition) is 1. The summed E-state index contributed by atoms with van der Waals surface area (Å²) in [4.78, 5) is 9.43. The van der Waals surface area contributed by atoms with Gasteiger partial charge in [-0.25, -0.2) is 0 Å². The molecule has 132 valence electrons. The lowest BCUT2D eigenvalue weighted by Crippen LogP contribution is -2.43. The van der Waals surface area contributed by atoms with E-state index in [2.05, 4.69) is 63.5 Å². The summed E-state index contributed by atoms with van der Waals surface area (Å²) in [6, 6.07) is 9.46. The number of likely N-dealkylation sites (tertiary alicyclic amines) is 1. The summed E-state index contributed by atoms with van der Waals surface area (Å²) in [6.07, 6.45) is 6.82. The van der Waals surface area contributed by atoms with E-state index in [1.165, 1.54) is 17.5 Å². The van der Waals surface area contributed by atoms with Crippen LogP contribution in [-0.2, 0) is 6.42 Å². The third kappa shape index (κ3) is 4.96. The van der Waals surface area contributed by atoms with E-state index >= 15 is 0 Å². The van der Waals surface area contributed by atoms with Crippen molar-refractivity contribution in [3.05, 3.63) is 47.5 Å². The zero-order valence-electron chi connectivity index (χ0n) is 14.7. The van der Waals surface area contributed by atoms with Crippen molar-refractivity contribution in [3.8, 4) is 0 Å². The number of guanidine groups is 1. The Morgan fingerprint density at radius 2 is 1.92 bits per heavy atom. The number of benzene rings is 1. The Kier molecular flexibility index (Phi) is 7.55. The highest BCUT2D eigenvalue weighted by Crippen LogP contribution is 2.17. The molecule has 2 heterocycles. The van der Waals surface area contributed by atoms with Gasteiger partial charge in [-0.1, -0.05) is 42.0 Å². The van der Waals surface area contributed by atoms with Gasteiger partial charge in [0.2, 0.25) is 0 Å². The minimum atomic E-state index is 0. The van der Waals surface area contributed by atoms with Crippen molar-refractivity contribution < 1.29 is 0 Å². The minimum absolute atomic E-state index is 0. The van der Waals surface area contributed by atoms with E-state index in [0.29, 0.717) is 6.04 Å². The molecule has 0 spiro atoms. The van der Waals surface area contributed by atoms with Gasteiger partial charge in [-0.2, -0.15) is 0 Å². The maximum Gasteiger partial charge on any atom is 0.193 e. The van der Waals surface area contributed by atoms with Crippen LogP contribution in [-0.4, -0.2) is 61.6 Å². The fourth-order valence-electron chi connectivity index (χ4n) is 3.43. The van der Waals surface area contributed by atoms with Crippen LogP contribution >= 0.6 is 24.0 Å². The number of nitrogens with zero attached hydrogens (tertiary/aromatic N) is 3. The fraction of sp³-hybridized carbons (Fsp3) is 0.526. The Hall–Kier alpha value is -1.08. The molecule has 5 heteroatoms. The summed E-state index contributed by atoms with van der Waals surface area (Å²) in [7, 11) is 1.89. The Labute approximate surface area is 163 Å². The lowest BCUT2D eigenvalue weighted by molar-refractivity contribution is 0.259. The third-order valence-corrected chi connectivity index (χ3v) is 4.86. The molecule has 0 amide bonds. The summed E-state index contributed by atoms with van der Waals surface area (Å²) in [5, 5.41) is 3.53. The van der Waals surface area contributed by atoms with Crippen LogP contribution in [0.25, 0.3) is 0 Å². The largest absolute Gasteiger partial charge is 0.356 e. The average Bonchev–Trinajstić information content (AvgIpc) is 3.24. The van der Waals surface area contributed by atoms with Crippen LogP contribution < -0.4 is 5.32 Å². The van der Waals surface area contributed by atoms with Crippen molar-refractivity contribution in [1.82, 2.24) is 15.1 Å². The van der Waals surface area contributed by atoms with Gasteiger partial charge >= 0.3 is 0 Å². The summed E-state index contributed by atoms with van der Waals surface area (Å²) in [6.45, 7) is 7.47. The van der Waals surface area contributed by atoms with Crippen LogP contribution in [0, 0.1) is 6.92 Å². The number of aryl methyl sites for hydroxylation is 1. The Balaban J connectivity index is 0.00000208. The fourth-order valence-corrected chi connectivity index (χ4v) is 3.43. The van der Waals surface area contributed by atoms with E-state index in [9.17, 15) is 0 Å². The van der Waals surface area contributed by atoms with Crippen LogP contribution in [0.15, 0.2) is 41.4 Å². The normalized spacial score (nSPS) is 21.2. The third-order valence-electron chi connectivity index (χ3n) is 4.86. The zero-order valence-corrected chi connectivity index (χ0v) is 17.1. The molecular formula is C19H29IN4. The molecule has 0 saturated carbocycles. The van der Waals surface area contributed by atoms with Gasteiger partial charge in [0.15, 0.2) is 5.96 Å². The molecule has 1 saturated heterocycles. The Morgan fingerprint density at radius 3 is 2.58 bits per heavy atom. The second-order valence-corrected chi connectivity index (χ2v) is 6.52. The van der Waals surface area contributed by atoms with Gasteiger partial charge in [0.25, 0.3) is 0 Å². The quantitative estimate of drug-likeness (QED) is 0.338. The highest BCUT2D eigenvalue weighted by molar-refractivity contribution is 14.0. The van der Waals surface area contributed by atoms with Crippen LogP contribution in [0.3, 0.4) is 0 Å². The molecule has 1 aromatic carbocycles. The number of nitrogens with one attached hydrogen (secondary N) is 1. The molecule has 1 unspecified atom stereocenters. The maximum atomic E-state index is 4.47. The van der Waals surface area contributed by atoms with E-state index in [4.69, 9.17) is 0 Å². The SMILES string of the molecule is CN=C(NCCc1ccc(C)cc1)N1CCC(N2CC=CC2)C1.I. The van der Waals surface area contributed by atoms with E-state index in [0.717, 1.165) is 45.1 Å². The number of halogens is 1. The van der Waals surface area contributed by atoms with Gasteiger partial charge in [-0.3, -0.25) is 9.89 Å². The zero-order chi connectivity index (χ0) is 16.1. The first-order chi connectivity index (χ1) is 11.3. The predicted octanol–water partition coefficient (Wildman–Crippen LogP) is 2.68. The number of hydrogen-bond acceptors (Lipinski definition) is 2. The van der Waals surface area contributed by atoms with Crippen molar-refractivity contribution in [2.45, 2.75) is 25.8 Å². The standard InChI is InChI=1S/C19H28N4.HI/c1-16-5-7-17(8-6-16)9-11-21-19(20-2)23-14-10-18(15-23)22-12-3-4-13-22;/h3-8,18H,9-15H2,1-2H3,(H,20,21);1H. The van der Waals surface area contributed by atoms with Crippen LogP contribution in [0.4, 0.5) is 0 Å². The molecule has 2 aliphatic rings. The van der Waals surface area contributed by atoms with Crippen molar-refractivity contribution >= 4 is 29.9 Å². The Bertz CT molecular complexity index is 559. The summed E-state index contributed by atoms with van der Waals surface area (Å²) < 4.78 is 0. The van der Waals surface area contributed by atoms with Gasteiger partial charge in [-0.15, -0.1) is 24.0 Å². The van der Waals surface area contributed by atoms with Crippen molar-refractivity contribution in [1.29, 1.82) is 0 Å². The first-order valence-corrected chi connectivity index (χ1v) is 8.66. The van der Waals surface area contributed by atoms with Gasteiger partial charge < -0.3 is 10.2 Å². The molecule has 1 atom stereocenters. The smallest absolute Gasteiger partial charge is 0.193 e. The summed E-state index contributed by atoms with van der Waals surface area (Å²) in [5.74, 6) is 1.05. The first-order valence-electron chi connectivity index (χ1n) is 8.66. The molecule has 1 aromatic rings. The monoisotopic (exact) mass is 440 g/mol. The van der Waals surface area contributed by atoms with Crippen molar-refractivity contribution in [2.75, 3.05) is 39.8 Å². The van der Waals surface area contributed by atoms with Crippen LogP contribution in [0.5, 0.6) is 0 Å². The maximum absolute atomic E-state index is 4.47. The lowest BCUT2D eigenvalue weighted by Gasteiger charge is -2.25. The first kappa shape index (κ1) is 19.2. The molecule has 0 radical (unpaired) electrons. The van der Waals surface area contributed by atoms with Crippen LogP contribution in [0.2, 0.25) is 0 Å². The highest BCUT2D eigenvalue weighted by atomic mass is 127. The second-order valence-electron chi connectivity index (χ2n) is 6.52. The molecule has 0 aromatic heterocycles. The van der Waals surface area contributed by atoms with E-state index in [-0.39, 0.29) is 24.0 Å². The summed E-state index contributed by atoms with van der Waals surface area (Å²) in [5.41, 5.74) is 2.69. The number of rotatable bonds is 4. The van der Waals surface area contributed by atoms with E-state index in [1.807, 2.05) is 7.05 Å². The molecule has 1 N–H and O–H groups in total. The van der Waals surface area contributed by atoms with Gasteiger partial charge in [0.1, 0.15) is 0 Å². The molecule has 3 rings (SSSR count). The molecule has 1 fully saturated rings. The van der Waals surface area contributed by atoms with Crippen molar-refractivity contribution in [3.63, 3.8) is 0 Å². The van der Waals surface area contributed by atoms with E-state index < -0.39 is 0 Å². The second kappa shape index (κ2) is 9.42. The van der Waals surface area contributed by atoms with Gasteiger partial charge in [-0.05, 0) is 25.3 Å². The Morgan fingerprint density at radius 1 is 1.21 bits per heavy atom. The molecular weight excluding hydrogens is 411 g/mol. The number of aliphatic imine (C=N–C) groups is 1. The average molecular weight is 440 g/mol. The van der Waals surface area contributed by atoms with Crippen molar-refractivity contribution in [2.24, 2.45) is 4.99 Å². The highest BCUT2D eigenvalue weighted by Gasteiger charge is 2.29.